The van der Waals surface area contributed by atoms with E-state index in [-0.39, 0.29) is 24.7 Å². The molecule has 2 aliphatic rings. The molecule has 4 atom stereocenters. The molecular weight excluding hydrogens is 446 g/mol. The molecule has 2 aliphatic heterocycles. The molecule has 0 spiro atoms. The third kappa shape index (κ3) is 4.18. The van der Waals surface area contributed by atoms with Crippen LogP contribution in [0.15, 0.2) is 24.3 Å². The number of methoxy groups -OCH3 is 4. The summed E-state index contributed by atoms with van der Waals surface area (Å²) in [4.78, 5) is 4.41. The highest BCUT2D eigenvalue weighted by Crippen LogP contribution is 2.49. The van der Waals surface area contributed by atoms with Gasteiger partial charge in [0, 0.05) is 12.1 Å². The van der Waals surface area contributed by atoms with Crippen molar-refractivity contribution in [3.63, 3.8) is 0 Å². The van der Waals surface area contributed by atoms with E-state index in [0.717, 1.165) is 28.8 Å². The average molecular weight is 482 g/mol. The molecule has 0 saturated heterocycles. The van der Waals surface area contributed by atoms with E-state index in [1.165, 1.54) is 0 Å². The lowest BCUT2D eigenvalue weighted by atomic mass is 9.83. The largest absolute Gasteiger partial charge is 0.493 e. The van der Waals surface area contributed by atoms with Crippen LogP contribution in [-0.4, -0.2) is 75.6 Å². The molecule has 0 fully saturated rings. The van der Waals surface area contributed by atoms with Gasteiger partial charge in [-0.1, -0.05) is 6.92 Å². The van der Waals surface area contributed by atoms with Crippen molar-refractivity contribution in [1.29, 1.82) is 5.26 Å². The van der Waals surface area contributed by atoms with Crippen LogP contribution in [0.3, 0.4) is 0 Å². The van der Waals surface area contributed by atoms with Gasteiger partial charge >= 0.3 is 0 Å². The Morgan fingerprint density at radius 2 is 1.43 bits per heavy atom. The predicted molar refractivity (Wildman–Crippen MR) is 132 cm³/mol. The molecule has 8 heteroatoms. The number of fused-ring (bicyclic) bond motifs is 4. The van der Waals surface area contributed by atoms with Crippen LogP contribution in [0.2, 0.25) is 0 Å². The topological polar surface area (TPSA) is 87.4 Å². The Kier molecular flexibility index (Phi) is 7.41. The van der Waals surface area contributed by atoms with Crippen molar-refractivity contribution < 1.29 is 24.1 Å². The molecule has 2 aromatic carbocycles. The predicted octanol–water partition coefficient (Wildman–Crippen LogP) is 3.12. The Morgan fingerprint density at radius 1 is 0.914 bits per heavy atom. The first-order valence-corrected chi connectivity index (χ1v) is 11.9. The van der Waals surface area contributed by atoms with E-state index in [1.807, 2.05) is 24.3 Å². The standard InChI is InChI=1S/C27H35N3O5/c1-7-29(2)21-9-17-11-25(33-4)26(34-5)12-18(17)20-8-16-10-24(32-3)27(35-6)13-19(16)23(15-31)30(20)22(21)14-28/h10-13,20-23,31H,7-9,15H2,1-6H3/t20-,21?,22-,23-/m0/s1. The first-order valence-electron chi connectivity index (χ1n) is 11.9. The van der Waals surface area contributed by atoms with Crippen LogP contribution in [0.1, 0.15) is 41.3 Å². The van der Waals surface area contributed by atoms with Gasteiger partial charge in [-0.3, -0.25) is 4.90 Å². The number of likely N-dealkylation sites (N-methyl/N-ethyl adjacent to an activating group) is 1. The van der Waals surface area contributed by atoms with E-state index in [2.05, 4.69) is 29.8 Å². The van der Waals surface area contributed by atoms with Crippen LogP contribution < -0.4 is 18.9 Å². The van der Waals surface area contributed by atoms with Crippen molar-refractivity contribution in [2.45, 2.75) is 43.9 Å². The lowest BCUT2D eigenvalue weighted by Gasteiger charge is -2.46. The quantitative estimate of drug-likeness (QED) is 0.646. The fourth-order valence-corrected chi connectivity index (χ4v) is 5.71. The lowest BCUT2D eigenvalue weighted by molar-refractivity contribution is 0.0205. The van der Waals surface area contributed by atoms with Gasteiger partial charge in [0.25, 0.3) is 0 Å². The van der Waals surface area contributed by atoms with Crippen molar-refractivity contribution in [2.24, 2.45) is 0 Å². The van der Waals surface area contributed by atoms with Crippen LogP contribution in [0.4, 0.5) is 0 Å². The van der Waals surface area contributed by atoms with Gasteiger partial charge in [0.15, 0.2) is 23.0 Å². The SMILES string of the molecule is CCN(C)C1Cc2cc(OC)c(OC)cc2[C@@H]2Cc3cc(OC)c(OC)cc3[C@H](CO)N2[C@H]1C#N. The maximum atomic E-state index is 10.7. The summed E-state index contributed by atoms with van der Waals surface area (Å²) < 4.78 is 22.4. The molecule has 0 aromatic heterocycles. The zero-order chi connectivity index (χ0) is 25.3. The molecule has 0 saturated carbocycles. The lowest BCUT2D eigenvalue weighted by Crippen LogP contribution is -2.53. The maximum Gasteiger partial charge on any atom is 0.161 e. The Labute approximate surface area is 207 Å². The molecule has 0 amide bonds. The van der Waals surface area contributed by atoms with E-state index in [4.69, 9.17) is 18.9 Å². The Bertz CT molecular complexity index is 1110. The minimum absolute atomic E-state index is 0.0670. The highest BCUT2D eigenvalue weighted by Gasteiger charge is 2.46. The van der Waals surface area contributed by atoms with Crippen molar-refractivity contribution in [2.75, 3.05) is 48.6 Å². The molecule has 2 heterocycles. The summed E-state index contributed by atoms with van der Waals surface area (Å²) in [5.74, 6) is 2.59. The van der Waals surface area contributed by atoms with Crippen LogP contribution in [0.25, 0.3) is 0 Å². The molecule has 0 radical (unpaired) electrons. The van der Waals surface area contributed by atoms with Gasteiger partial charge in [0.1, 0.15) is 6.04 Å². The second kappa shape index (κ2) is 10.3. The molecule has 35 heavy (non-hydrogen) atoms. The van der Waals surface area contributed by atoms with Crippen molar-refractivity contribution >= 4 is 0 Å². The summed E-state index contributed by atoms with van der Waals surface area (Å²) in [6, 6.07) is 9.61. The van der Waals surface area contributed by atoms with Gasteiger partial charge in [-0.25, -0.2) is 0 Å². The molecule has 188 valence electrons. The molecule has 0 bridgehead atoms. The molecule has 1 unspecified atom stereocenters. The Balaban J connectivity index is 1.98. The molecular formula is C27H35N3O5. The minimum atomic E-state index is -0.437. The second-order valence-electron chi connectivity index (χ2n) is 9.10. The molecule has 4 rings (SSSR count). The maximum absolute atomic E-state index is 10.7. The normalized spacial score (nSPS) is 23.4. The summed E-state index contributed by atoms with van der Waals surface area (Å²) in [6.07, 6.45) is 1.35. The molecule has 2 aromatic rings. The van der Waals surface area contributed by atoms with Crippen molar-refractivity contribution in [3.05, 3.63) is 46.5 Å². The van der Waals surface area contributed by atoms with E-state index >= 15 is 0 Å². The summed E-state index contributed by atoms with van der Waals surface area (Å²) >= 11 is 0. The Morgan fingerprint density at radius 3 is 1.91 bits per heavy atom. The van der Waals surface area contributed by atoms with Gasteiger partial charge in [-0.2, -0.15) is 5.26 Å². The van der Waals surface area contributed by atoms with Gasteiger partial charge in [-0.15, -0.1) is 0 Å². The number of hydrogen-bond donors (Lipinski definition) is 1. The number of benzene rings is 2. The molecule has 0 aliphatic carbocycles. The van der Waals surface area contributed by atoms with Gasteiger partial charge in [0.2, 0.25) is 0 Å². The number of aliphatic hydroxyl groups is 1. The highest BCUT2D eigenvalue weighted by atomic mass is 16.5. The summed E-state index contributed by atoms with van der Waals surface area (Å²) in [5, 5.41) is 21.2. The van der Waals surface area contributed by atoms with E-state index in [9.17, 15) is 10.4 Å². The highest BCUT2D eigenvalue weighted by molar-refractivity contribution is 5.54. The number of nitrogens with zero attached hydrogens (tertiary/aromatic N) is 3. The number of rotatable bonds is 7. The first kappa shape index (κ1) is 25.1. The van der Waals surface area contributed by atoms with Crippen LogP contribution in [0, 0.1) is 11.3 Å². The van der Waals surface area contributed by atoms with E-state index in [1.54, 1.807) is 28.4 Å². The van der Waals surface area contributed by atoms with Crippen LogP contribution in [-0.2, 0) is 12.8 Å². The van der Waals surface area contributed by atoms with Crippen LogP contribution in [0.5, 0.6) is 23.0 Å². The minimum Gasteiger partial charge on any atom is -0.493 e. The number of aliphatic hydroxyl groups excluding tert-OH is 1. The smallest absolute Gasteiger partial charge is 0.161 e. The fourth-order valence-electron chi connectivity index (χ4n) is 5.71. The third-order valence-corrected chi connectivity index (χ3v) is 7.63. The molecule has 8 nitrogen and oxygen atoms in total. The number of ether oxygens (including phenoxy) is 4. The third-order valence-electron chi connectivity index (χ3n) is 7.63. The Hall–Kier alpha value is -2.99. The number of hydrogen-bond acceptors (Lipinski definition) is 8. The van der Waals surface area contributed by atoms with Crippen molar-refractivity contribution in [3.8, 4) is 29.1 Å². The summed E-state index contributed by atoms with van der Waals surface area (Å²) in [5.41, 5.74) is 4.25. The zero-order valence-electron chi connectivity index (χ0n) is 21.4. The fraction of sp³-hybridized carbons (Fsp3) is 0.519. The van der Waals surface area contributed by atoms with Crippen molar-refractivity contribution in [1.82, 2.24) is 9.80 Å². The summed E-state index contributed by atoms with van der Waals surface area (Å²) in [7, 11) is 8.55. The zero-order valence-corrected chi connectivity index (χ0v) is 21.4. The number of nitriles is 1. The average Bonchev–Trinajstić information content (AvgIpc) is 3.03. The van der Waals surface area contributed by atoms with E-state index in [0.29, 0.717) is 35.8 Å². The second-order valence-corrected chi connectivity index (χ2v) is 9.10. The van der Waals surface area contributed by atoms with Gasteiger partial charge in [-0.05, 0) is 73.0 Å². The first-order chi connectivity index (χ1) is 17.0. The van der Waals surface area contributed by atoms with Gasteiger partial charge in [0.05, 0.1) is 47.2 Å². The molecule has 1 N–H and O–H groups in total. The van der Waals surface area contributed by atoms with Gasteiger partial charge < -0.3 is 29.0 Å². The monoisotopic (exact) mass is 481 g/mol. The summed E-state index contributed by atoms with van der Waals surface area (Å²) in [6.45, 7) is 2.77. The van der Waals surface area contributed by atoms with E-state index < -0.39 is 6.04 Å². The van der Waals surface area contributed by atoms with Crippen LogP contribution >= 0.6 is 0 Å².